The molecule has 0 saturated carbocycles. The summed E-state index contributed by atoms with van der Waals surface area (Å²) in [6, 6.07) is 10.1. The first-order valence-electron chi connectivity index (χ1n) is 12.0. The second-order valence-electron chi connectivity index (χ2n) is 8.22. The molecule has 2 rings (SSSR count). The maximum atomic E-state index is 13.1. The van der Waals surface area contributed by atoms with Crippen LogP contribution < -0.4 is 4.90 Å². The molecule has 1 aromatic rings. The van der Waals surface area contributed by atoms with Crippen molar-refractivity contribution in [3.8, 4) is 6.07 Å². The largest absolute Gasteiger partial charge is 0.372 e. The van der Waals surface area contributed by atoms with Crippen molar-refractivity contribution >= 4 is 17.7 Å². The number of carbonyl (C=O) groups is 1. The molecule has 6 nitrogen and oxygen atoms in total. The fourth-order valence-electron chi connectivity index (χ4n) is 3.81. The third kappa shape index (κ3) is 6.37. The number of rotatable bonds is 12. The Labute approximate surface area is 204 Å². The van der Waals surface area contributed by atoms with Gasteiger partial charge in [0, 0.05) is 30.9 Å². The van der Waals surface area contributed by atoms with E-state index in [-0.39, 0.29) is 28.6 Å². The van der Waals surface area contributed by atoms with Crippen LogP contribution in [-0.4, -0.2) is 30.4 Å². The van der Waals surface area contributed by atoms with Crippen molar-refractivity contribution in [1.29, 1.82) is 5.26 Å². The van der Waals surface area contributed by atoms with Gasteiger partial charge in [-0.25, -0.2) is 15.0 Å². The normalized spacial score (nSPS) is 14.8. The quantitative estimate of drug-likeness (QED) is 0.264. The maximum absolute atomic E-state index is 13.1. The molecule has 1 amide bonds. The van der Waals surface area contributed by atoms with E-state index >= 15 is 0 Å². The molecule has 0 fully saturated rings. The smallest absolute Gasteiger partial charge is 0.274 e. The minimum absolute atomic E-state index is 0.0758. The van der Waals surface area contributed by atoms with Gasteiger partial charge in [0.1, 0.15) is 0 Å². The fraction of sp³-hybridized carbons (Fsp3) is 0.429. The highest BCUT2D eigenvalue weighted by molar-refractivity contribution is 6.04. The lowest BCUT2D eigenvalue weighted by Crippen LogP contribution is -2.27. The molecule has 0 saturated heterocycles. The first kappa shape index (κ1) is 26.4. The predicted octanol–water partition coefficient (Wildman–Crippen LogP) is 6.58. The average molecular weight is 456 g/mol. The van der Waals surface area contributed by atoms with Crippen molar-refractivity contribution in [2.75, 3.05) is 24.5 Å². The maximum Gasteiger partial charge on any atom is 0.274 e. The Kier molecular flexibility index (Phi) is 10.6. The number of hydrogen-bond acceptors (Lipinski definition) is 3. The summed E-state index contributed by atoms with van der Waals surface area (Å²) in [5, 5.41) is 9.40. The second kappa shape index (κ2) is 13.7. The van der Waals surface area contributed by atoms with Gasteiger partial charge in [-0.1, -0.05) is 64.3 Å². The molecule has 0 aliphatic carbocycles. The highest BCUT2D eigenvalue weighted by atomic mass is 16.2. The second-order valence-corrected chi connectivity index (χ2v) is 8.22. The molecule has 0 spiro atoms. The summed E-state index contributed by atoms with van der Waals surface area (Å²) in [5.41, 5.74) is 2.33. The van der Waals surface area contributed by atoms with E-state index in [2.05, 4.69) is 40.6 Å². The highest BCUT2D eigenvalue weighted by Gasteiger charge is 2.36. The lowest BCUT2D eigenvalue weighted by molar-refractivity contribution is -0.124. The summed E-state index contributed by atoms with van der Waals surface area (Å²) >= 11 is 0. The molecule has 1 aliphatic heterocycles. The van der Waals surface area contributed by atoms with Crippen LogP contribution in [0.2, 0.25) is 0 Å². The van der Waals surface area contributed by atoms with Gasteiger partial charge >= 0.3 is 0 Å². The van der Waals surface area contributed by atoms with Crippen molar-refractivity contribution in [1.82, 2.24) is 4.90 Å². The zero-order valence-electron chi connectivity index (χ0n) is 20.5. The summed E-state index contributed by atoms with van der Waals surface area (Å²) in [6.45, 7) is 23.8. The molecule has 34 heavy (non-hydrogen) atoms. The van der Waals surface area contributed by atoms with E-state index < -0.39 is 0 Å². The van der Waals surface area contributed by atoms with Gasteiger partial charge in [-0.15, -0.1) is 0 Å². The number of unbranched alkanes of at least 4 members (excludes halogenated alkanes) is 3. The summed E-state index contributed by atoms with van der Waals surface area (Å²) < 4.78 is 0. The molecular weight excluding hydrogens is 422 g/mol. The molecule has 0 aromatic heterocycles. The van der Waals surface area contributed by atoms with Crippen LogP contribution in [0.25, 0.3) is 15.8 Å². The molecule has 1 aromatic carbocycles. The molecule has 1 heterocycles. The number of nitrogens with zero attached hydrogens (tertiary/aromatic N) is 5. The van der Waals surface area contributed by atoms with Gasteiger partial charge in [0.05, 0.1) is 24.9 Å². The Morgan fingerprint density at radius 3 is 2.15 bits per heavy atom. The lowest BCUT2D eigenvalue weighted by Gasteiger charge is -2.24. The number of nitriles is 1. The Morgan fingerprint density at radius 2 is 1.65 bits per heavy atom. The summed E-state index contributed by atoms with van der Waals surface area (Å²) in [7, 11) is 0. The molecule has 0 bridgehead atoms. The van der Waals surface area contributed by atoms with E-state index in [4.69, 9.17) is 13.1 Å². The van der Waals surface area contributed by atoms with Crippen molar-refractivity contribution < 1.29 is 4.79 Å². The lowest BCUT2D eigenvalue weighted by atomic mass is 10.1. The van der Waals surface area contributed by atoms with Crippen molar-refractivity contribution in [2.45, 2.75) is 59.3 Å². The van der Waals surface area contributed by atoms with E-state index in [9.17, 15) is 10.1 Å². The van der Waals surface area contributed by atoms with Gasteiger partial charge in [0.15, 0.2) is 0 Å². The van der Waals surface area contributed by atoms with Gasteiger partial charge in [-0.2, -0.15) is 0 Å². The van der Waals surface area contributed by atoms with Crippen LogP contribution in [0, 0.1) is 24.5 Å². The fourth-order valence-corrected chi connectivity index (χ4v) is 3.81. The van der Waals surface area contributed by atoms with Gasteiger partial charge < -0.3 is 9.80 Å². The summed E-state index contributed by atoms with van der Waals surface area (Å²) in [4.78, 5) is 23.7. The Bertz CT molecular complexity index is 1050. The van der Waals surface area contributed by atoms with Crippen molar-refractivity contribution in [3.63, 3.8) is 0 Å². The Balaban J connectivity index is 2.35. The van der Waals surface area contributed by atoms with Crippen LogP contribution in [-0.2, 0) is 4.79 Å². The summed E-state index contributed by atoms with van der Waals surface area (Å²) in [6.07, 6.45) is 9.65. The van der Waals surface area contributed by atoms with Crippen LogP contribution in [0.15, 0.2) is 53.0 Å². The third-order valence-electron chi connectivity index (χ3n) is 5.78. The topological polar surface area (TPSA) is 56.1 Å². The SMILES string of the molecule is [C-]#[N+]C1=C(/C=C/c2ccc(N(CCCC)CCCC)cc2)C(=O)N(CCCC)/C1=C(\C#N)[N+]#[C-]. The number of carbonyl (C=O) groups excluding carboxylic acids is 1. The predicted molar refractivity (Wildman–Crippen MR) is 137 cm³/mol. The Hall–Kier alpha value is -3.82. The molecule has 0 atom stereocenters. The molecule has 0 N–H and O–H groups in total. The Morgan fingerprint density at radius 1 is 1.03 bits per heavy atom. The molecule has 6 heteroatoms. The third-order valence-corrected chi connectivity index (χ3v) is 5.78. The number of hydrogen-bond donors (Lipinski definition) is 0. The van der Waals surface area contributed by atoms with Crippen molar-refractivity contribution in [2.24, 2.45) is 0 Å². The number of allylic oxidation sites excluding steroid dienone is 1. The van der Waals surface area contributed by atoms with E-state index in [0.717, 1.165) is 57.2 Å². The number of benzene rings is 1. The minimum Gasteiger partial charge on any atom is -0.372 e. The van der Waals surface area contributed by atoms with Gasteiger partial charge in [0.25, 0.3) is 5.70 Å². The molecular formula is C28H33N5O. The monoisotopic (exact) mass is 455 g/mol. The average Bonchev–Trinajstić information content (AvgIpc) is 3.13. The number of amides is 1. The highest BCUT2D eigenvalue weighted by Crippen LogP contribution is 2.34. The summed E-state index contributed by atoms with van der Waals surface area (Å²) in [5.74, 6) is -0.330. The van der Waals surface area contributed by atoms with Crippen LogP contribution in [0.3, 0.4) is 0 Å². The van der Waals surface area contributed by atoms with Gasteiger partial charge in [0.2, 0.25) is 11.6 Å². The van der Waals surface area contributed by atoms with E-state index in [1.54, 1.807) is 6.08 Å². The first-order chi connectivity index (χ1) is 16.6. The van der Waals surface area contributed by atoms with Crippen LogP contribution in [0.4, 0.5) is 5.69 Å². The minimum atomic E-state index is -0.330. The zero-order valence-corrected chi connectivity index (χ0v) is 20.5. The molecule has 176 valence electrons. The zero-order chi connectivity index (χ0) is 24.9. The van der Waals surface area contributed by atoms with E-state index in [0.29, 0.717) is 6.54 Å². The van der Waals surface area contributed by atoms with E-state index in [1.807, 2.05) is 31.2 Å². The first-order valence-corrected chi connectivity index (χ1v) is 12.0. The van der Waals surface area contributed by atoms with Crippen LogP contribution in [0.1, 0.15) is 64.9 Å². The van der Waals surface area contributed by atoms with Crippen molar-refractivity contribution in [3.05, 3.63) is 81.4 Å². The van der Waals surface area contributed by atoms with Crippen LogP contribution >= 0.6 is 0 Å². The van der Waals surface area contributed by atoms with Crippen LogP contribution in [0.5, 0.6) is 0 Å². The van der Waals surface area contributed by atoms with Gasteiger partial charge in [-0.05, 0) is 37.0 Å². The van der Waals surface area contributed by atoms with E-state index in [1.165, 1.54) is 10.6 Å². The standard InChI is InChI=1S/C28H33N5O/c1-6-9-18-32(19-10-7-2)23-15-12-22(13-16-23)14-17-24-26(31-5)27(25(21-29)30-4)33(28(24)34)20-11-8-3/h12-17H,6-11,18-20H2,1-3H3/b17-14+,27-25+. The molecule has 1 aliphatic rings. The van der Waals surface area contributed by atoms with Gasteiger partial charge in [-0.3, -0.25) is 4.79 Å². The molecule has 0 unspecified atom stereocenters. The molecule has 0 radical (unpaired) electrons. The number of anilines is 1.